The molecule has 1 aromatic heterocycles. The number of phenolic OH excluding ortho intramolecular Hbond substituents is 1. The number of benzene rings is 3. The van der Waals surface area contributed by atoms with Gasteiger partial charge in [-0.3, -0.25) is 4.79 Å². The van der Waals surface area contributed by atoms with Gasteiger partial charge in [0, 0.05) is 34.9 Å². The third kappa shape index (κ3) is 4.75. The van der Waals surface area contributed by atoms with Crippen LogP contribution in [0.25, 0.3) is 17.0 Å². The van der Waals surface area contributed by atoms with Gasteiger partial charge in [0.15, 0.2) is 0 Å². The highest BCUT2D eigenvalue weighted by molar-refractivity contribution is 6.10. The zero-order valence-electron chi connectivity index (χ0n) is 17.4. The van der Waals surface area contributed by atoms with Crippen LogP contribution in [0.5, 0.6) is 5.75 Å². The van der Waals surface area contributed by atoms with Crippen LogP contribution < -0.4 is 5.32 Å². The maximum atomic E-state index is 12.6. The Morgan fingerprint density at radius 2 is 1.79 bits per heavy atom. The number of nitrogens with zero attached hydrogens (tertiary/aromatic N) is 2. The van der Waals surface area contributed by atoms with Gasteiger partial charge in [-0.15, -0.1) is 0 Å². The summed E-state index contributed by atoms with van der Waals surface area (Å²) in [6.07, 6.45) is 3.37. The van der Waals surface area contributed by atoms with Crippen LogP contribution in [-0.2, 0) is 11.3 Å². The Hall–Kier alpha value is -4.83. The van der Waals surface area contributed by atoms with Gasteiger partial charge in [0.05, 0.1) is 5.56 Å². The number of carbonyl (C=O) groups excluding carboxylic acids is 1. The van der Waals surface area contributed by atoms with Gasteiger partial charge < -0.3 is 20.1 Å². The van der Waals surface area contributed by atoms with Gasteiger partial charge in [0.2, 0.25) is 0 Å². The second kappa shape index (κ2) is 9.12. The van der Waals surface area contributed by atoms with Crippen LogP contribution in [0, 0.1) is 11.3 Å². The summed E-state index contributed by atoms with van der Waals surface area (Å²) in [4.78, 5) is 23.9. The summed E-state index contributed by atoms with van der Waals surface area (Å²) < 4.78 is 1.95. The molecule has 162 valence electrons. The highest BCUT2D eigenvalue weighted by Crippen LogP contribution is 2.25. The van der Waals surface area contributed by atoms with Gasteiger partial charge in [0.1, 0.15) is 17.4 Å². The molecule has 0 atom stereocenters. The Kier molecular flexibility index (Phi) is 5.92. The molecule has 7 nitrogen and oxygen atoms in total. The smallest absolute Gasteiger partial charge is 0.335 e. The van der Waals surface area contributed by atoms with Crippen molar-refractivity contribution in [1.29, 1.82) is 5.26 Å². The molecule has 1 amide bonds. The number of anilines is 1. The van der Waals surface area contributed by atoms with Crippen LogP contribution in [0.3, 0.4) is 0 Å². The Labute approximate surface area is 189 Å². The zero-order valence-corrected chi connectivity index (χ0v) is 17.4. The van der Waals surface area contributed by atoms with Gasteiger partial charge in [-0.05, 0) is 54.1 Å². The number of aromatic hydroxyl groups is 1. The fourth-order valence-electron chi connectivity index (χ4n) is 3.57. The van der Waals surface area contributed by atoms with Crippen molar-refractivity contribution in [3.63, 3.8) is 0 Å². The number of carboxylic acids is 1. The number of nitrogens with one attached hydrogen (secondary N) is 1. The maximum Gasteiger partial charge on any atom is 0.335 e. The molecule has 1 heterocycles. The van der Waals surface area contributed by atoms with E-state index in [0.29, 0.717) is 17.8 Å². The monoisotopic (exact) mass is 437 g/mol. The zero-order chi connectivity index (χ0) is 23.4. The van der Waals surface area contributed by atoms with Crippen molar-refractivity contribution >= 4 is 34.5 Å². The normalized spacial score (nSPS) is 11.2. The molecule has 33 heavy (non-hydrogen) atoms. The Morgan fingerprint density at radius 3 is 2.52 bits per heavy atom. The lowest BCUT2D eigenvalue weighted by atomic mass is 10.1. The number of nitriles is 1. The number of aromatic nitrogens is 1. The Balaban J connectivity index is 1.67. The predicted octanol–water partition coefficient (Wildman–Crippen LogP) is 4.64. The summed E-state index contributed by atoms with van der Waals surface area (Å²) in [5, 5.41) is 31.7. The van der Waals surface area contributed by atoms with Gasteiger partial charge in [0.25, 0.3) is 5.91 Å². The van der Waals surface area contributed by atoms with E-state index in [1.165, 1.54) is 18.2 Å². The predicted molar refractivity (Wildman–Crippen MR) is 125 cm³/mol. The molecular formula is C26H19N3O4. The van der Waals surface area contributed by atoms with E-state index in [-0.39, 0.29) is 16.9 Å². The Bertz CT molecular complexity index is 1430. The SMILES string of the molecule is N#C/C(=C/c1cn(Cc2cccc(C(=O)O)c2)c2ccccc12)C(=O)Nc1ccc(O)cc1. The fourth-order valence-corrected chi connectivity index (χ4v) is 3.57. The van der Waals surface area contributed by atoms with Crippen molar-refractivity contribution < 1.29 is 19.8 Å². The van der Waals surface area contributed by atoms with E-state index in [9.17, 15) is 25.1 Å². The van der Waals surface area contributed by atoms with E-state index in [0.717, 1.165) is 16.5 Å². The highest BCUT2D eigenvalue weighted by Gasteiger charge is 2.13. The topological polar surface area (TPSA) is 115 Å². The Morgan fingerprint density at radius 1 is 1.03 bits per heavy atom. The van der Waals surface area contributed by atoms with Crippen molar-refractivity contribution in [1.82, 2.24) is 4.57 Å². The van der Waals surface area contributed by atoms with Gasteiger partial charge >= 0.3 is 5.97 Å². The molecule has 0 fully saturated rings. The number of hydrogen-bond donors (Lipinski definition) is 3. The first kappa shape index (κ1) is 21.4. The first-order chi connectivity index (χ1) is 15.9. The number of hydrogen-bond acceptors (Lipinski definition) is 4. The molecule has 0 spiro atoms. The van der Waals surface area contributed by atoms with Crippen LogP contribution in [-0.4, -0.2) is 26.7 Å². The summed E-state index contributed by atoms with van der Waals surface area (Å²) in [5.74, 6) is -1.48. The number of rotatable bonds is 6. The van der Waals surface area contributed by atoms with Crippen molar-refractivity contribution in [2.45, 2.75) is 6.54 Å². The molecule has 0 bridgehead atoms. The maximum absolute atomic E-state index is 12.6. The first-order valence-corrected chi connectivity index (χ1v) is 10.1. The molecule has 0 radical (unpaired) electrons. The minimum atomic E-state index is -0.990. The molecule has 0 aliphatic heterocycles. The minimum Gasteiger partial charge on any atom is -0.508 e. The summed E-state index contributed by atoms with van der Waals surface area (Å²) in [6, 6.07) is 22.2. The minimum absolute atomic E-state index is 0.0705. The molecule has 4 aromatic rings. The molecular weight excluding hydrogens is 418 g/mol. The summed E-state index contributed by atoms with van der Waals surface area (Å²) >= 11 is 0. The molecule has 3 N–H and O–H groups in total. The lowest BCUT2D eigenvalue weighted by Crippen LogP contribution is -2.13. The van der Waals surface area contributed by atoms with E-state index < -0.39 is 11.9 Å². The molecule has 0 unspecified atom stereocenters. The molecule has 4 rings (SSSR count). The van der Waals surface area contributed by atoms with Crippen molar-refractivity contribution in [3.8, 4) is 11.8 Å². The number of para-hydroxylation sites is 1. The van der Waals surface area contributed by atoms with Crippen molar-refractivity contribution in [3.05, 3.63) is 101 Å². The standard InChI is InChI=1S/C26H19N3O4/c27-14-19(25(31)28-21-8-10-22(30)11-9-21)13-20-16-29(24-7-2-1-6-23(20)24)15-17-4-3-5-18(12-17)26(32)33/h1-13,16,30H,15H2,(H,28,31)(H,32,33)/b19-13-. The van der Waals surface area contributed by atoms with Crippen LogP contribution in [0.15, 0.2) is 84.6 Å². The van der Waals surface area contributed by atoms with Gasteiger partial charge in [-0.2, -0.15) is 5.26 Å². The fraction of sp³-hybridized carbons (Fsp3) is 0.0385. The average Bonchev–Trinajstić information content (AvgIpc) is 3.16. The lowest BCUT2D eigenvalue weighted by Gasteiger charge is -2.06. The molecule has 0 aliphatic rings. The lowest BCUT2D eigenvalue weighted by molar-refractivity contribution is -0.112. The second-order valence-corrected chi connectivity index (χ2v) is 7.41. The summed E-state index contributed by atoms with van der Waals surface area (Å²) in [5.41, 5.74) is 3.00. The number of phenols is 1. The molecule has 3 aromatic carbocycles. The number of fused-ring (bicyclic) bond motifs is 1. The first-order valence-electron chi connectivity index (χ1n) is 10.1. The largest absolute Gasteiger partial charge is 0.508 e. The van der Waals surface area contributed by atoms with Crippen LogP contribution in [0.4, 0.5) is 5.69 Å². The average molecular weight is 437 g/mol. The summed E-state index contributed by atoms with van der Waals surface area (Å²) in [6.45, 7) is 0.428. The highest BCUT2D eigenvalue weighted by atomic mass is 16.4. The quantitative estimate of drug-likeness (QED) is 0.231. The van der Waals surface area contributed by atoms with Gasteiger partial charge in [-0.1, -0.05) is 30.3 Å². The number of carboxylic acid groups (broad SMARTS) is 1. The van der Waals surface area contributed by atoms with Gasteiger partial charge in [-0.25, -0.2) is 4.79 Å². The van der Waals surface area contributed by atoms with Crippen molar-refractivity contribution in [2.75, 3.05) is 5.32 Å². The number of aromatic carboxylic acids is 1. The number of carbonyl (C=O) groups is 2. The van der Waals surface area contributed by atoms with E-state index >= 15 is 0 Å². The van der Waals surface area contributed by atoms with E-state index in [1.807, 2.05) is 47.2 Å². The second-order valence-electron chi connectivity index (χ2n) is 7.41. The van der Waals surface area contributed by atoms with Crippen LogP contribution in [0.2, 0.25) is 0 Å². The number of amides is 1. The third-order valence-corrected chi connectivity index (χ3v) is 5.14. The summed E-state index contributed by atoms with van der Waals surface area (Å²) in [7, 11) is 0. The van der Waals surface area contributed by atoms with Crippen LogP contribution >= 0.6 is 0 Å². The van der Waals surface area contributed by atoms with E-state index in [4.69, 9.17) is 0 Å². The van der Waals surface area contributed by atoms with E-state index in [2.05, 4.69) is 5.32 Å². The van der Waals surface area contributed by atoms with Crippen molar-refractivity contribution in [2.24, 2.45) is 0 Å². The molecule has 0 saturated carbocycles. The van der Waals surface area contributed by atoms with Crippen LogP contribution in [0.1, 0.15) is 21.5 Å². The molecule has 0 saturated heterocycles. The molecule has 0 aliphatic carbocycles. The molecule has 7 heteroatoms. The third-order valence-electron chi connectivity index (χ3n) is 5.14. The van der Waals surface area contributed by atoms with E-state index in [1.54, 1.807) is 30.3 Å².